The summed E-state index contributed by atoms with van der Waals surface area (Å²) in [6.07, 6.45) is 0. The molecule has 1 atom stereocenters. The van der Waals surface area contributed by atoms with Crippen LogP contribution in [0.1, 0.15) is 11.6 Å². The smallest absolute Gasteiger partial charge is 0.0448 e. The molecule has 0 amide bonds. The van der Waals surface area contributed by atoms with E-state index in [1.54, 1.807) is 0 Å². The number of hydrogen-bond donors (Lipinski definition) is 2. The molecule has 15 heavy (non-hydrogen) atoms. The molecular formula is C10H13Br2ClN2. The first-order chi connectivity index (χ1) is 6.75. The molecule has 0 radical (unpaired) electrons. The Bertz CT molecular complexity index is 307. The van der Waals surface area contributed by atoms with Gasteiger partial charge in [0.05, 0.1) is 0 Å². The number of rotatable bonds is 1. The second-order valence-corrected chi connectivity index (χ2v) is 5.24. The van der Waals surface area contributed by atoms with Crippen molar-refractivity contribution in [1.29, 1.82) is 0 Å². The predicted octanol–water partition coefficient (Wildman–Crippen LogP) is 2.87. The molecule has 0 saturated carbocycles. The Morgan fingerprint density at radius 3 is 2.27 bits per heavy atom. The first-order valence-electron chi connectivity index (χ1n) is 4.66. The molecule has 84 valence electrons. The molecule has 0 aliphatic carbocycles. The molecule has 0 unspecified atom stereocenters. The van der Waals surface area contributed by atoms with Crippen molar-refractivity contribution >= 4 is 44.3 Å². The zero-order valence-corrected chi connectivity index (χ0v) is 12.1. The molecule has 2 nitrogen and oxygen atoms in total. The lowest BCUT2D eigenvalue weighted by molar-refractivity contribution is 0.430. The quantitative estimate of drug-likeness (QED) is 0.809. The van der Waals surface area contributed by atoms with E-state index in [-0.39, 0.29) is 12.4 Å². The molecule has 1 heterocycles. The summed E-state index contributed by atoms with van der Waals surface area (Å²) < 4.78 is 2.24. The molecule has 1 aliphatic rings. The molecular weight excluding hydrogens is 343 g/mol. The third-order valence-corrected chi connectivity index (χ3v) is 3.24. The molecule has 0 aromatic heterocycles. The third kappa shape index (κ3) is 3.71. The molecule has 0 spiro atoms. The van der Waals surface area contributed by atoms with Crippen molar-refractivity contribution in [1.82, 2.24) is 10.6 Å². The SMILES string of the molecule is Brc1cc(Br)cc([C@@H]2CNCCN2)c1.Cl. The molecule has 2 N–H and O–H groups in total. The minimum absolute atomic E-state index is 0. The molecule has 1 aromatic carbocycles. The molecule has 1 aromatic rings. The number of piperazine rings is 1. The van der Waals surface area contributed by atoms with E-state index in [4.69, 9.17) is 0 Å². The van der Waals surface area contributed by atoms with Crippen molar-refractivity contribution < 1.29 is 0 Å². The van der Waals surface area contributed by atoms with E-state index in [0.29, 0.717) is 6.04 Å². The maximum absolute atomic E-state index is 3.50. The van der Waals surface area contributed by atoms with Crippen molar-refractivity contribution in [3.05, 3.63) is 32.7 Å². The fourth-order valence-corrected chi connectivity index (χ4v) is 2.99. The molecule has 1 aliphatic heterocycles. The second kappa shape index (κ2) is 6.21. The molecule has 5 heteroatoms. The first-order valence-corrected chi connectivity index (χ1v) is 6.24. The van der Waals surface area contributed by atoms with Crippen molar-refractivity contribution in [2.75, 3.05) is 19.6 Å². The van der Waals surface area contributed by atoms with Crippen LogP contribution < -0.4 is 10.6 Å². The highest BCUT2D eigenvalue weighted by Gasteiger charge is 2.14. The fraction of sp³-hybridized carbons (Fsp3) is 0.400. The van der Waals surface area contributed by atoms with Gasteiger partial charge in [-0.05, 0) is 23.8 Å². The largest absolute Gasteiger partial charge is 0.314 e. The van der Waals surface area contributed by atoms with E-state index < -0.39 is 0 Å². The van der Waals surface area contributed by atoms with Gasteiger partial charge < -0.3 is 10.6 Å². The summed E-state index contributed by atoms with van der Waals surface area (Å²) in [5, 5.41) is 6.86. The van der Waals surface area contributed by atoms with Gasteiger partial charge in [-0.1, -0.05) is 31.9 Å². The van der Waals surface area contributed by atoms with Gasteiger partial charge in [0.2, 0.25) is 0 Å². The third-order valence-electron chi connectivity index (χ3n) is 2.33. The van der Waals surface area contributed by atoms with Gasteiger partial charge in [0, 0.05) is 34.6 Å². The van der Waals surface area contributed by atoms with Crippen LogP contribution in [0.2, 0.25) is 0 Å². The summed E-state index contributed by atoms with van der Waals surface area (Å²) in [5.41, 5.74) is 1.32. The number of benzene rings is 1. The lowest BCUT2D eigenvalue weighted by atomic mass is 10.1. The van der Waals surface area contributed by atoms with E-state index >= 15 is 0 Å². The summed E-state index contributed by atoms with van der Waals surface area (Å²) in [6, 6.07) is 6.81. The average molecular weight is 356 g/mol. The molecule has 1 saturated heterocycles. The maximum atomic E-state index is 3.50. The molecule has 0 bridgehead atoms. The van der Waals surface area contributed by atoms with Crippen LogP contribution in [0, 0.1) is 0 Å². The normalized spacial score (nSPS) is 20.8. The lowest BCUT2D eigenvalue weighted by Gasteiger charge is -2.25. The molecule has 1 fully saturated rings. The Labute approximate surface area is 113 Å². The van der Waals surface area contributed by atoms with Crippen molar-refractivity contribution in [2.45, 2.75) is 6.04 Å². The minimum Gasteiger partial charge on any atom is -0.314 e. The highest BCUT2D eigenvalue weighted by molar-refractivity contribution is 9.11. The van der Waals surface area contributed by atoms with Gasteiger partial charge in [0.1, 0.15) is 0 Å². The average Bonchev–Trinajstić information content (AvgIpc) is 2.18. The number of nitrogens with one attached hydrogen (secondary N) is 2. The lowest BCUT2D eigenvalue weighted by Crippen LogP contribution is -2.42. The second-order valence-electron chi connectivity index (χ2n) is 3.41. The van der Waals surface area contributed by atoms with Gasteiger partial charge in [0.25, 0.3) is 0 Å². The predicted molar refractivity (Wildman–Crippen MR) is 72.7 cm³/mol. The van der Waals surface area contributed by atoms with Gasteiger partial charge in [0.15, 0.2) is 0 Å². The Morgan fingerprint density at radius 1 is 1.07 bits per heavy atom. The van der Waals surface area contributed by atoms with Crippen molar-refractivity contribution in [3.63, 3.8) is 0 Å². The zero-order chi connectivity index (χ0) is 9.97. The number of halogens is 3. The van der Waals surface area contributed by atoms with Crippen LogP contribution in [0.25, 0.3) is 0 Å². The van der Waals surface area contributed by atoms with E-state index in [9.17, 15) is 0 Å². The molecule has 2 rings (SSSR count). The Hall–Kier alpha value is 0.390. The summed E-state index contributed by atoms with van der Waals surface area (Å²) in [6.45, 7) is 3.10. The van der Waals surface area contributed by atoms with Gasteiger partial charge in [-0.2, -0.15) is 0 Å². The van der Waals surface area contributed by atoms with E-state index in [1.807, 2.05) is 0 Å². The van der Waals surface area contributed by atoms with Crippen LogP contribution in [0.4, 0.5) is 0 Å². The van der Waals surface area contributed by atoms with E-state index in [1.165, 1.54) is 5.56 Å². The van der Waals surface area contributed by atoms with E-state index in [2.05, 4.69) is 60.7 Å². The van der Waals surface area contributed by atoms with Crippen LogP contribution in [0.3, 0.4) is 0 Å². The summed E-state index contributed by atoms with van der Waals surface area (Å²) in [7, 11) is 0. The van der Waals surface area contributed by atoms with Gasteiger partial charge in [-0.25, -0.2) is 0 Å². The first kappa shape index (κ1) is 13.5. The Kier molecular flexibility index (Phi) is 5.57. The summed E-state index contributed by atoms with van der Waals surface area (Å²) >= 11 is 7.00. The topological polar surface area (TPSA) is 24.1 Å². The van der Waals surface area contributed by atoms with Crippen LogP contribution in [0.5, 0.6) is 0 Å². The highest BCUT2D eigenvalue weighted by Crippen LogP contribution is 2.24. The summed E-state index contributed by atoms with van der Waals surface area (Å²) in [4.78, 5) is 0. The zero-order valence-electron chi connectivity index (χ0n) is 8.09. The van der Waals surface area contributed by atoms with Crippen LogP contribution in [-0.2, 0) is 0 Å². The Morgan fingerprint density at radius 2 is 1.73 bits per heavy atom. The van der Waals surface area contributed by atoms with Gasteiger partial charge in [-0.15, -0.1) is 12.4 Å². The van der Waals surface area contributed by atoms with E-state index in [0.717, 1.165) is 28.6 Å². The maximum Gasteiger partial charge on any atom is 0.0448 e. The monoisotopic (exact) mass is 354 g/mol. The van der Waals surface area contributed by atoms with Crippen molar-refractivity contribution in [3.8, 4) is 0 Å². The Balaban J connectivity index is 0.00000112. The van der Waals surface area contributed by atoms with Crippen LogP contribution >= 0.6 is 44.3 Å². The minimum atomic E-state index is 0. The summed E-state index contributed by atoms with van der Waals surface area (Å²) in [5.74, 6) is 0. The highest BCUT2D eigenvalue weighted by atomic mass is 79.9. The number of hydrogen-bond acceptors (Lipinski definition) is 2. The van der Waals surface area contributed by atoms with Crippen LogP contribution in [0.15, 0.2) is 27.1 Å². The van der Waals surface area contributed by atoms with Gasteiger partial charge >= 0.3 is 0 Å². The van der Waals surface area contributed by atoms with Crippen LogP contribution in [-0.4, -0.2) is 19.6 Å². The standard InChI is InChI=1S/C10H12Br2N2.ClH/c11-8-3-7(4-9(12)5-8)10-6-13-1-2-14-10;/h3-5,10,13-14H,1-2,6H2;1H/t10-;/m0./s1. The van der Waals surface area contributed by atoms with Crippen molar-refractivity contribution in [2.24, 2.45) is 0 Å². The van der Waals surface area contributed by atoms with Gasteiger partial charge in [-0.3, -0.25) is 0 Å². The fourth-order valence-electron chi connectivity index (χ4n) is 1.67.